The zero-order valence-electron chi connectivity index (χ0n) is 13.2. The Morgan fingerprint density at radius 3 is 2.50 bits per heavy atom. The minimum atomic E-state index is -0.177. The van der Waals surface area contributed by atoms with Crippen molar-refractivity contribution in [3.05, 3.63) is 34.9 Å². The molecule has 0 atom stereocenters. The molecule has 20 heavy (non-hydrogen) atoms. The second-order valence-corrected chi connectivity index (χ2v) is 7.07. The van der Waals surface area contributed by atoms with Crippen LogP contribution in [0.5, 0.6) is 0 Å². The first-order valence-electron chi connectivity index (χ1n) is 6.96. The lowest BCUT2D eigenvalue weighted by Gasteiger charge is -2.30. The number of carbonyl (C=O) groups excluding carboxylic acids is 1. The minimum absolute atomic E-state index is 0.0313. The van der Waals surface area contributed by atoms with Gasteiger partial charge in [-0.15, -0.1) is 0 Å². The Bertz CT molecular complexity index is 531. The number of nitrogens with one attached hydrogen (secondary N) is 2. The normalized spacial score (nSPS) is 20.7. The number of rotatable bonds is 1. The van der Waals surface area contributed by atoms with Crippen LogP contribution in [0, 0.1) is 10.8 Å². The molecular formula is C16H24N2O2. The Morgan fingerprint density at radius 1 is 1.30 bits per heavy atom. The molecule has 1 aliphatic carbocycles. The molecule has 0 saturated heterocycles. The van der Waals surface area contributed by atoms with E-state index in [0.29, 0.717) is 0 Å². The van der Waals surface area contributed by atoms with Crippen LogP contribution in [0.3, 0.4) is 0 Å². The highest BCUT2D eigenvalue weighted by Gasteiger charge is 2.42. The van der Waals surface area contributed by atoms with Crippen molar-refractivity contribution in [2.45, 2.75) is 41.0 Å². The van der Waals surface area contributed by atoms with Gasteiger partial charge in [-0.05, 0) is 17.3 Å². The van der Waals surface area contributed by atoms with E-state index in [1.165, 1.54) is 0 Å². The van der Waals surface area contributed by atoms with Gasteiger partial charge < -0.3 is 15.4 Å². The predicted molar refractivity (Wildman–Crippen MR) is 79.7 cm³/mol. The Labute approximate surface area is 121 Å². The first-order valence-corrected chi connectivity index (χ1v) is 6.96. The molecule has 0 radical (unpaired) electrons. The third-order valence-electron chi connectivity index (χ3n) is 3.86. The number of allylic oxidation sites excluding steroid dienone is 4. The van der Waals surface area contributed by atoms with Crippen molar-refractivity contribution >= 4 is 6.03 Å². The highest BCUT2D eigenvalue weighted by molar-refractivity contribution is 5.77. The number of carbonyl (C=O) groups is 1. The van der Waals surface area contributed by atoms with Gasteiger partial charge in [-0.25, -0.2) is 4.79 Å². The summed E-state index contributed by atoms with van der Waals surface area (Å²) in [6.45, 7) is 10.8. The van der Waals surface area contributed by atoms with Crippen LogP contribution in [0.2, 0.25) is 0 Å². The minimum Gasteiger partial charge on any atom is -0.472 e. The zero-order chi connectivity index (χ0) is 15.1. The molecular weight excluding hydrogens is 252 g/mol. The highest BCUT2D eigenvalue weighted by Crippen LogP contribution is 2.52. The number of hydrogen-bond acceptors (Lipinski definition) is 2. The van der Waals surface area contributed by atoms with Gasteiger partial charge in [0, 0.05) is 29.5 Å². The Hall–Kier alpha value is -1.71. The van der Waals surface area contributed by atoms with Crippen molar-refractivity contribution in [2.24, 2.45) is 10.8 Å². The molecule has 0 spiro atoms. The maximum absolute atomic E-state index is 11.7. The fourth-order valence-electron chi connectivity index (χ4n) is 2.74. The van der Waals surface area contributed by atoms with Crippen LogP contribution in [-0.2, 0) is 4.74 Å². The topological polar surface area (TPSA) is 50.4 Å². The molecule has 0 saturated carbocycles. The van der Waals surface area contributed by atoms with Gasteiger partial charge in [-0.2, -0.15) is 0 Å². The average molecular weight is 276 g/mol. The Kier molecular flexibility index (Phi) is 3.44. The summed E-state index contributed by atoms with van der Waals surface area (Å²) < 4.78 is 5.55. The monoisotopic (exact) mass is 276 g/mol. The van der Waals surface area contributed by atoms with E-state index in [1.807, 2.05) is 6.26 Å². The maximum Gasteiger partial charge on any atom is 0.318 e. The van der Waals surface area contributed by atoms with Crippen molar-refractivity contribution in [1.29, 1.82) is 0 Å². The molecule has 2 amide bonds. The molecule has 1 heterocycles. The van der Waals surface area contributed by atoms with Crippen LogP contribution in [0.25, 0.3) is 0 Å². The van der Waals surface area contributed by atoms with E-state index in [-0.39, 0.29) is 16.9 Å². The van der Waals surface area contributed by atoms with E-state index in [2.05, 4.69) is 45.3 Å². The van der Waals surface area contributed by atoms with Gasteiger partial charge in [0.05, 0.1) is 12.5 Å². The lowest BCUT2D eigenvalue weighted by atomic mass is 9.76. The summed E-state index contributed by atoms with van der Waals surface area (Å²) >= 11 is 0. The fourth-order valence-corrected chi connectivity index (χ4v) is 2.74. The van der Waals surface area contributed by atoms with Gasteiger partial charge in [0.15, 0.2) is 0 Å². The molecule has 0 aromatic carbocycles. The average Bonchev–Trinajstić information content (AvgIpc) is 2.60. The molecule has 4 heteroatoms. The van der Waals surface area contributed by atoms with Gasteiger partial charge in [-0.3, -0.25) is 0 Å². The molecule has 0 unspecified atom stereocenters. The lowest BCUT2D eigenvalue weighted by molar-refractivity contribution is 0.244. The second kappa shape index (κ2) is 4.69. The quantitative estimate of drug-likeness (QED) is 0.770. The number of amides is 2. The van der Waals surface area contributed by atoms with Crippen LogP contribution in [-0.4, -0.2) is 13.1 Å². The first-order chi connectivity index (χ1) is 9.16. The molecule has 110 valence electrons. The van der Waals surface area contributed by atoms with Crippen molar-refractivity contribution in [3.63, 3.8) is 0 Å². The number of urea groups is 1. The van der Waals surface area contributed by atoms with E-state index in [1.54, 1.807) is 13.3 Å². The standard InChI is InChI=1S/C16H24N2O2/c1-15(2,3)10-8-20-9-11-13(10)12(7-16(11,4)5)18-14(19)17-6/h8-9H,7H2,1-6H3,(H2,17,18,19). The Morgan fingerprint density at radius 2 is 1.95 bits per heavy atom. The smallest absolute Gasteiger partial charge is 0.318 e. The summed E-state index contributed by atoms with van der Waals surface area (Å²) in [5.74, 6) is 0. The molecule has 0 bridgehead atoms. The summed E-state index contributed by atoms with van der Waals surface area (Å²) in [6.07, 6.45) is 4.41. The summed E-state index contributed by atoms with van der Waals surface area (Å²) in [7, 11) is 1.63. The lowest BCUT2D eigenvalue weighted by Crippen LogP contribution is -2.32. The summed E-state index contributed by atoms with van der Waals surface area (Å²) in [4.78, 5) is 11.7. The van der Waals surface area contributed by atoms with Crippen molar-refractivity contribution < 1.29 is 9.53 Å². The third-order valence-corrected chi connectivity index (χ3v) is 3.86. The van der Waals surface area contributed by atoms with Crippen molar-refractivity contribution in [1.82, 2.24) is 10.6 Å². The van der Waals surface area contributed by atoms with E-state index in [9.17, 15) is 4.79 Å². The zero-order valence-corrected chi connectivity index (χ0v) is 13.2. The van der Waals surface area contributed by atoms with Gasteiger partial charge in [0.25, 0.3) is 0 Å². The molecule has 0 aromatic heterocycles. The van der Waals surface area contributed by atoms with Crippen LogP contribution in [0.15, 0.2) is 34.9 Å². The van der Waals surface area contributed by atoms with Crippen LogP contribution in [0.1, 0.15) is 41.0 Å². The predicted octanol–water partition coefficient (Wildman–Crippen LogP) is 3.44. The Balaban J connectivity index is 2.49. The van der Waals surface area contributed by atoms with Crippen molar-refractivity contribution in [3.8, 4) is 0 Å². The van der Waals surface area contributed by atoms with E-state index in [4.69, 9.17) is 4.74 Å². The van der Waals surface area contributed by atoms with E-state index < -0.39 is 0 Å². The summed E-state index contributed by atoms with van der Waals surface area (Å²) in [5.41, 5.74) is 4.34. The maximum atomic E-state index is 11.7. The number of fused-ring (bicyclic) bond motifs is 1. The molecule has 2 aliphatic rings. The molecule has 2 N–H and O–H groups in total. The van der Waals surface area contributed by atoms with Crippen LogP contribution in [0.4, 0.5) is 4.79 Å². The van der Waals surface area contributed by atoms with E-state index in [0.717, 1.165) is 28.8 Å². The second-order valence-electron chi connectivity index (χ2n) is 7.07. The SMILES string of the molecule is CNC(=O)NC1=C2C(C(C)(C)C)=COC=C2C(C)(C)C1. The third kappa shape index (κ3) is 2.47. The molecule has 1 aliphatic heterocycles. The van der Waals surface area contributed by atoms with Crippen LogP contribution >= 0.6 is 0 Å². The van der Waals surface area contributed by atoms with Crippen LogP contribution < -0.4 is 10.6 Å². The molecule has 0 fully saturated rings. The van der Waals surface area contributed by atoms with Gasteiger partial charge in [-0.1, -0.05) is 34.6 Å². The largest absolute Gasteiger partial charge is 0.472 e. The molecule has 4 nitrogen and oxygen atoms in total. The summed E-state index contributed by atoms with van der Waals surface area (Å²) in [6, 6.07) is -0.177. The molecule has 2 rings (SSSR count). The van der Waals surface area contributed by atoms with E-state index >= 15 is 0 Å². The van der Waals surface area contributed by atoms with Gasteiger partial charge >= 0.3 is 6.03 Å². The fraction of sp³-hybridized carbons (Fsp3) is 0.562. The first kappa shape index (κ1) is 14.7. The van der Waals surface area contributed by atoms with Gasteiger partial charge in [0.1, 0.15) is 0 Å². The number of hydrogen-bond donors (Lipinski definition) is 2. The van der Waals surface area contributed by atoms with Crippen molar-refractivity contribution in [2.75, 3.05) is 7.05 Å². The highest BCUT2D eigenvalue weighted by atomic mass is 16.5. The number of ether oxygens (including phenoxy) is 1. The van der Waals surface area contributed by atoms with Gasteiger partial charge in [0.2, 0.25) is 0 Å². The molecule has 0 aromatic rings. The summed E-state index contributed by atoms with van der Waals surface area (Å²) in [5, 5.41) is 5.59.